The molecule has 148 valence electrons. The minimum Gasteiger partial charge on any atom is -0.379 e. The van der Waals surface area contributed by atoms with Gasteiger partial charge in [-0.3, -0.25) is 4.99 Å². The van der Waals surface area contributed by atoms with Crippen LogP contribution in [-0.4, -0.2) is 45.5 Å². The number of aliphatic imine (C=N–C) groups is 1. The van der Waals surface area contributed by atoms with Crippen molar-refractivity contribution in [3.8, 4) is 0 Å². The average Bonchev–Trinajstić information content (AvgIpc) is 3.10. The highest BCUT2D eigenvalue weighted by atomic mass is 127. The number of ether oxygens (including phenoxy) is 2. The molecule has 0 spiro atoms. The summed E-state index contributed by atoms with van der Waals surface area (Å²) in [5, 5.41) is 6.68. The van der Waals surface area contributed by atoms with E-state index in [-0.39, 0.29) is 35.5 Å². The van der Waals surface area contributed by atoms with Crippen LogP contribution < -0.4 is 10.6 Å². The normalized spacial score (nSPS) is 17.7. The van der Waals surface area contributed by atoms with Crippen molar-refractivity contribution in [1.82, 2.24) is 10.6 Å². The Kier molecular flexibility index (Phi) is 10.5. The predicted octanol–water partition coefficient (Wildman–Crippen LogP) is 3.46. The summed E-state index contributed by atoms with van der Waals surface area (Å²) in [4.78, 5) is 4.27. The lowest BCUT2D eigenvalue weighted by Crippen LogP contribution is -2.37. The van der Waals surface area contributed by atoms with Crippen molar-refractivity contribution < 1.29 is 9.47 Å². The molecule has 2 N–H and O–H groups in total. The fourth-order valence-corrected chi connectivity index (χ4v) is 2.70. The van der Waals surface area contributed by atoms with Crippen LogP contribution in [0.2, 0.25) is 0 Å². The quantitative estimate of drug-likeness (QED) is 0.275. The Hall–Kier alpha value is -0.860. The fourth-order valence-electron chi connectivity index (χ4n) is 2.70. The van der Waals surface area contributed by atoms with Crippen LogP contribution >= 0.6 is 24.0 Å². The van der Waals surface area contributed by atoms with E-state index >= 15 is 0 Å². The molecule has 1 aliphatic rings. The van der Waals surface area contributed by atoms with Crippen molar-refractivity contribution in [2.24, 2.45) is 4.99 Å². The summed E-state index contributed by atoms with van der Waals surface area (Å²) in [5.74, 6) is 0.823. The molecule has 1 fully saturated rings. The van der Waals surface area contributed by atoms with Gasteiger partial charge in [0.05, 0.1) is 12.7 Å². The number of benzene rings is 1. The standard InChI is InChI=1S/C20H33N3O2.HI/c1-20(2,3)17-8-6-16(7-9-17)14-23-19(21-4)22-11-5-12-25-18-10-13-24-15-18;/h6-9,18H,5,10-15H2,1-4H3,(H2,21,22,23);1H. The molecule has 1 unspecified atom stereocenters. The molecule has 1 aromatic carbocycles. The highest BCUT2D eigenvalue weighted by Crippen LogP contribution is 2.22. The molecule has 0 aromatic heterocycles. The highest BCUT2D eigenvalue weighted by Gasteiger charge is 2.15. The zero-order valence-electron chi connectivity index (χ0n) is 16.5. The van der Waals surface area contributed by atoms with E-state index in [2.05, 4.69) is 60.7 Å². The molecule has 2 rings (SSSR count). The number of rotatable bonds is 7. The van der Waals surface area contributed by atoms with Crippen LogP contribution in [0.1, 0.15) is 44.7 Å². The summed E-state index contributed by atoms with van der Waals surface area (Å²) < 4.78 is 11.1. The van der Waals surface area contributed by atoms with E-state index in [4.69, 9.17) is 9.47 Å². The van der Waals surface area contributed by atoms with Crippen LogP contribution in [0.5, 0.6) is 0 Å². The second kappa shape index (κ2) is 11.8. The lowest BCUT2D eigenvalue weighted by molar-refractivity contribution is 0.0420. The first kappa shape index (κ1) is 23.2. The summed E-state index contributed by atoms with van der Waals surface area (Å²) >= 11 is 0. The molecular formula is C20H34IN3O2. The van der Waals surface area contributed by atoms with Gasteiger partial charge in [0.25, 0.3) is 0 Å². The lowest BCUT2D eigenvalue weighted by Gasteiger charge is -2.19. The summed E-state index contributed by atoms with van der Waals surface area (Å²) in [5.41, 5.74) is 2.79. The first-order valence-electron chi connectivity index (χ1n) is 9.22. The van der Waals surface area contributed by atoms with Crippen molar-refractivity contribution in [2.75, 3.05) is 33.4 Å². The largest absolute Gasteiger partial charge is 0.379 e. The zero-order valence-corrected chi connectivity index (χ0v) is 18.8. The van der Waals surface area contributed by atoms with Crippen molar-refractivity contribution >= 4 is 29.9 Å². The topological polar surface area (TPSA) is 54.9 Å². The Morgan fingerprint density at radius 2 is 1.96 bits per heavy atom. The van der Waals surface area contributed by atoms with Crippen molar-refractivity contribution in [3.05, 3.63) is 35.4 Å². The molecule has 6 heteroatoms. The monoisotopic (exact) mass is 475 g/mol. The SMILES string of the molecule is CN=C(NCCCOC1CCOC1)NCc1ccc(C(C)(C)C)cc1.I. The molecule has 1 atom stereocenters. The Bertz CT molecular complexity index is 535. The van der Waals surface area contributed by atoms with Crippen LogP contribution in [0.15, 0.2) is 29.3 Å². The van der Waals surface area contributed by atoms with Crippen LogP contribution in [-0.2, 0) is 21.4 Å². The van der Waals surface area contributed by atoms with Crippen LogP contribution in [0.3, 0.4) is 0 Å². The molecule has 0 bridgehead atoms. The van der Waals surface area contributed by atoms with Gasteiger partial charge in [0.15, 0.2) is 5.96 Å². The minimum absolute atomic E-state index is 0. The number of halogens is 1. The molecule has 1 saturated heterocycles. The van der Waals surface area contributed by atoms with Crippen molar-refractivity contribution in [2.45, 2.75) is 51.7 Å². The number of nitrogens with one attached hydrogen (secondary N) is 2. The highest BCUT2D eigenvalue weighted by molar-refractivity contribution is 14.0. The molecule has 0 radical (unpaired) electrons. The van der Waals surface area contributed by atoms with E-state index in [0.717, 1.165) is 51.7 Å². The van der Waals surface area contributed by atoms with Gasteiger partial charge in [-0.1, -0.05) is 45.0 Å². The van der Waals surface area contributed by atoms with Gasteiger partial charge in [-0.15, -0.1) is 24.0 Å². The summed E-state index contributed by atoms with van der Waals surface area (Å²) in [6.07, 6.45) is 2.26. The third-order valence-corrected chi connectivity index (χ3v) is 4.36. The number of nitrogens with zero attached hydrogens (tertiary/aromatic N) is 1. The molecule has 0 aliphatic carbocycles. The van der Waals surface area contributed by atoms with Gasteiger partial charge >= 0.3 is 0 Å². The molecular weight excluding hydrogens is 441 g/mol. The Labute approximate surface area is 175 Å². The molecule has 5 nitrogen and oxygen atoms in total. The number of guanidine groups is 1. The maximum absolute atomic E-state index is 5.76. The fraction of sp³-hybridized carbons (Fsp3) is 0.650. The third-order valence-electron chi connectivity index (χ3n) is 4.36. The average molecular weight is 475 g/mol. The van der Waals surface area contributed by atoms with Gasteiger partial charge in [-0.25, -0.2) is 0 Å². The van der Waals surface area contributed by atoms with E-state index in [0.29, 0.717) is 0 Å². The maximum atomic E-state index is 5.76. The molecule has 0 saturated carbocycles. The number of hydrogen-bond donors (Lipinski definition) is 2. The molecule has 1 heterocycles. The van der Waals surface area contributed by atoms with Gasteiger partial charge in [-0.2, -0.15) is 0 Å². The smallest absolute Gasteiger partial charge is 0.191 e. The first-order valence-corrected chi connectivity index (χ1v) is 9.22. The Morgan fingerprint density at radius 1 is 1.23 bits per heavy atom. The minimum atomic E-state index is 0. The summed E-state index contributed by atoms with van der Waals surface area (Å²) in [7, 11) is 1.80. The maximum Gasteiger partial charge on any atom is 0.191 e. The number of hydrogen-bond acceptors (Lipinski definition) is 3. The van der Waals surface area contributed by atoms with Gasteiger partial charge in [0.1, 0.15) is 0 Å². The summed E-state index contributed by atoms with van der Waals surface area (Å²) in [6.45, 7) is 10.6. The van der Waals surface area contributed by atoms with Crippen LogP contribution in [0, 0.1) is 0 Å². The first-order chi connectivity index (χ1) is 12.0. The van der Waals surface area contributed by atoms with Crippen molar-refractivity contribution in [3.63, 3.8) is 0 Å². The zero-order chi connectivity index (χ0) is 18.1. The van der Waals surface area contributed by atoms with E-state index < -0.39 is 0 Å². The third kappa shape index (κ3) is 8.22. The van der Waals surface area contributed by atoms with Crippen LogP contribution in [0.25, 0.3) is 0 Å². The van der Waals surface area contributed by atoms with Crippen molar-refractivity contribution in [1.29, 1.82) is 0 Å². The van der Waals surface area contributed by atoms with Gasteiger partial charge in [0.2, 0.25) is 0 Å². The van der Waals surface area contributed by atoms with Gasteiger partial charge in [-0.05, 0) is 29.4 Å². The predicted molar refractivity (Wildman–Crippen MR) is 119 cm³/mol. The van der Waals surface area contributed by atoms with E-state index in [1.54, 1.807) is 7.05 Å². The van der Waals surface area contributed by atoms with E-state index in [1.807, 2.05) is 0 Å². The molecule has 26 heavy (non-hydrogen) atoms. The van der Waals surface area contributed by atoms with Gasteiger partial charge in [0, 0.05) is 33.4 Å². The molecule has 1 aromatic rings. The lowest BCUT2D eigenvalue weighted by atomic mass is 9.87. The molecule has 0 amide bonds. The second-order valence-electron chi connectivity index (χ2n) is 7.51. The van der Waals surface area contributed by atoms with Gasteiger partial charge < -0.3 is 20.1 Å². The Balaban J connectivity index is 0.00000338. The molecule has 1 aliphatic heterocycles. The second-order valence-corrected chi connectivity index (χ2v) is 7.51. The van der Waals surface area contributed by atoms with E-state index in [1.165, 1.54) is 11.1 Å². The van der Waals surface area contributed by atoms with Crippen LogP contribution in [0.4, 0.5) is 0 Å². The Morgan fingerprint density at radius 3 is 2.54 bits per heavy atom. The summed E-state index contributed by atoms with van der Waals surface area (Å²) in [6, 6.07) is 8.77. The van der Waals surface area contributed by atoms with E-state index in [9.17, 15) is 0 Å².